The third-order valence-electron chi connectivity index (χ3n) is 2.61. The van der Waals surface area contributed by atoms with Crippen molar-refractivity contribution >= 4 is 61.0 Å². The van der Waals surface area contributed by atoms with Gasteiger partial charge >= 0.3 is 5.97 Å². The van der Waals surface area contributed by atoms with Crippen LogP contribution >= 0.6 is 43.5 Å². The van der Waals surface area contributed by atoms with Gasteiger partial charge in [-0.3, -0.25) is 4.79 Å². The predicted molar refractivity (Wildman–Crippen MR) is 75.4 cm³/mol. The first kappa shape index (κ1) is 13.8. The molecule has 0 aliphatic carbocycles. The lowest BCUT2D eigenvalue weighted by Crippen LogP contribution is -2.25. The number of hydrogen-bond acceptors (Lipinski definition) is 2. The molecule has 0 aromatic heterocycles. The van der Waals surface area contributed by atoms with Crippen molar-refractivity contribution in [2.24, 2.45) is 0 Å². The second-order valence-electron chi connectivity index (χ2n) is 3.90. The largest absolute Gasteiger partial charge is 0.478 e. The van der Waals surface area contributed by atoms with E-state index in [1.807, 2.05) is 0 Å². The average Bonchev–Trinajstić information content (AvgIpc) is 2.56. The Morgan fingerprint density at radius 2 is 1.94 bits per heavy atom. The van der Waals surface area contributed by atoms with Gasteiger partial charge in [-0.1, -0.05) is 0 Å². The van der Waals surface area contributed by atoms with Gasteiger partial charge in [0.2, 0.25) is 5.91 Å². The molecule has 96 valence electrons. The van der Waals surface area contributed by atoms with E-state index in [0.717, 1.165) is 0 Å². The molecule has 1 aliphatic rings. The number of nitrogens with zero attached hydrogens (tertiary/aromatic N) is 1. The third-order valence-corrected chi connectivity index (χ3v) is 4.11. The number of aromatic carboxylic acids is 1. The summed E-state index contributed by atoms with van der Waals surface area (Å²) in [5.74, 6) is -1.09. The number of anilines is 1. The van der Waals surface area contributed by atoms with Gasteiger partial charge < -0.3 is 10.0 Å². The monoisotopic (exact) mass is 395 g/mol. The first-order valence-electron chi connectivity index (χ1n) is 5.07. The Labute approximate surface area is 125 Å². The number of carbonyl (C=O) groups excluding carboxylic acids is 1. The van der Waals surface area contributed by atoms with E-state index in [9.17, 15) is 9.59 Å². The number of carbonyl (C=O) groups is 2. The molecule has 0 bridgehead atoms. The molecule has 1 amide bonds. The summed E-state index contributed by atoms with van der Waals surface area (Å²) in [5, 5.41) is 8.73. The van der Waals surface area contributed by atoms with Crippen LogP contribution in [0.25, 0.3) is 0 Å². The molecule has 1 fully saturated rings. The van der Waals surface area contributed by atoms with Crippen molar-refractivity contribution in [2.75, 3.05) is 11.4 Å². The van der Waals surface area contributed by atoms with Gasteiger partial charge in [0.05, 0.1) is 16.6 Å². The lowest BCUT2D eigenvalue weighted by atomic mass is 10.2. The van der Waals surface area contributed by atoms with Crippen LogP contribution in [0, 0.1) is 0 Å². The first-order chi connectivity index (χ1) is 8.40. The average molecular weight is 397 g/mol. The molecular weight excluding hydrogens is 389 g/mol. The van der Waals surface area contributed by atoms with Crippen molar-refractivity contribution in [3.8, 4) is 0 Å². The van der Waals surface area contributed by atoms with Gasteiger partial charge in [-0.05, 0) is 44.0 Å². The van der Waals surface area contributed by atoms with Crippen LogP contribution in [0.1, 0.15) is 16.8 Å². The molecule has 1 heterocycles. The number of rotatable bonds is 2. The molecule has 7 heteroatoms. The van der Waals surface area contributed by atoms with Gasteiger partial charge in [-0.2, -0.15) is 0 Å². The summed E-state index contributed by atoms with van der Waals surface area (Å²) in [6, 6.07) is 2.94. The van der Waals surface area contributed by atoms with E-state index in [0.29, 0.717) is 27.6 Å². The van der Waals surface area contributed by atoms with Crippen LogP contribution in [-0.2, 0) is 4.79 Å². The number of benzene rings is 1. The van der Waals surface area contributed by atoms with Crippen LogP contribution in [0.5, 0.6) is 0 Å². The second-order valence-corrected chi connectivity index (χ2v) is 6.23. The standard InChI is InChI=1S/C11H8Br2ClNO3/c12-7-1-5(11(17)18)2-8(13)10(7)15-4-6(14)3-9(15)16/h1-2,6H,3-4H2,(H,17,18). The Morgan fingerprint density at radius 1 is 1.39 bits per heavy atom. The topological polar surface area (TPSA) is 57.6 Å². The van der Waals surface area contributed by atoms with Crippen molar-refractivity contribution in [1.29, 1.82) is 0 Å². The Bertz CT molecular complexity index is 512. The fraction of sp³-hybridized carbons (Fsp3) is 0.273. The second kappa shape index (κ2) is 5.19. The molecule has 1 saturated heterocycles. The highest BCUT2D eigenvalue weighted by Crippen LogP contribution is 2.38. The maximum absolute atomic E-state index is 11.8. The maximum Gasteiger partial charge on any atom is 0.335 e. The molecule has 0 radical (unpaired) electrons. The summed E-state index contributed by atoms with van der Waals surface area (Å²) in [6.45, 7) is 0.421. The van der Waals surface area contributed by atoms with Crippen LogP contribution in [0.2, 0.25) is 0 Å². The van der Waals surface area contributed by atoms with Crippen LogP contribution in [-0.4, -0.2) is 28.9 Å². The Morgan fingerprint density at radius 3 is 2.33 bits per heavy atom. The number of alkyl halides is 1. The highest BCUT2D eigenvalue weighted by atomic mass is 79.9. The van der Waals surface area contributed by atoms with Crippen LogP contribution in [0.4, 0.5) is 5.69 Å². The Kier molecular flexibility index (Phi) is 3.99. The minimum absolute atomic E-state index is 0.0699. The summed E-state index contributed by atoms with van der Waals surface area (Å²) >= 11 is 12.5. The highest BCUT2D eigenvalue weighted by molar-refractivity contribution is 9.11. The minimum atomic E-state index is -1.02. The van der Waals surface area contributed by atoms with E-state index in [2.05, 4.69) is 31.9 Å². The molecule has 1 unspecified atom stereocenters. The molecule has 1 aromatic rings. The molecule has 4 nitrogen and oxygen atoms in total. The third kappa shape index (κ3) is 2.55. The van der Waals surface area contributed by atoms with Gasteiger partial charge in [-0.15, -0.1) is 11.6 Å². The molecule has 1 atom stereocenters. The van der Waals surface area contributed by atoms with Gasteiger partial charge in [-0.25, -0.2) is 4.79 Å². The summed E-state index contributed by atoms with van der Waals surface area (Å²) < 4.78 is 1.10. The fourth-order valence-corrected chi connectivity index (χ4v) is 3.71. The fourth-order valence-electron chi connectivity index (χ4n) is 1.83. The molecule has 1 aromatic carbocycles. The van der Waals surface area contributed by atoms with Crippen molar-refractivity contribution in [2.45, 2.75) is 11.8 Å². The first-order valence-corrected chi connectivity index (χ1v) is 7.09. The van der Waals surface area contributed by atoms with Crippen molar-refractivity contribution in [1.82, 2.24) is 0 Å². The number of hydrogen-bond donors (Lipinski definition) is 1. The van der Waals surface area contributed by atoms with Gasteiger partial charge in [0.1, 0.15) is 0 Å². The van der Waals surface area contributed by atoms with E-state index >= 15 is 0 Å². The van der Waals surface area contributed by atoms with Crippen LogP contribution in [0.15, 0.2) is 21.1 Å². The van der Waals surface area contributed by atoms with E-state index in [-0.39, 0.29) is 16.8 Å². The molecule has 18 heavy (non-hydrogen) atoms. The lowest BCUT2D eigenvalue weighted by molar-refractivity contribution is -0.117. The summed E-state index contributed by atoms with van der Waals surface area (Å²) in [4.78, 5) is 24.3. The SMILES string of the molecule is O=C(O)c1cc(Br)c(N2CC(Cl)CC2=O)c(Br)c1. The Hall–Kier alpha value is -0.590. The molecule has 0 spiro atoms. The number of carboxylic acids is 1. The number of amides is 1. The zero-order valence-electron chi connectivity index (χ0n) is 8.99. The lowest BCUT2D eigenvalue weighted by Gasteiger charge is -2.19. The molecule has 1 aliphatic heterocycles. The number of carboxylic acid groups (broad SMARTS) is 1. The van der Waals surface area contributed by atoms with E-state index in [1.165, 1.54) is 12.1 Å². The molecule has 2 rings (SSSR count). The normalized spacial score (nSPS) is 19.4. The predicted octanol–water partition coefficient (Wildman–Crippen LogP) is 3.25. The van der Waals surface area contributed by atoms with Crippen LogP contribution in [0.3, 0.4) is 0 Å². The maximum atomic E-state index is 11.8. The minimum Gasteiger partial charge on any atom is -0.478 e. The molecule has 1 N–H and O–H groups in total. The zero-order chi connectivity index (χ0) is 13.4. The van der Waals surface area contributed by atoms with Crippen LogP contribution < -0.4 is 4.90 Å². The van der Waals surface area contributed by atoms with E-state index in [4.69, 9.17) is 16.7 Å². The van der Waals surface area contributed by atoms with Crippen molar-refractivity contribution in [3.63, 3.8) is 0 Å². The van der Waals surface area contributed by atoms with Gasteiger partial charge in [0.15, 0.2) is 0 Å². The summed E-state index contributed by atoms with van der Waals surface area (Å²) in [5.41, 5.74) is 0.764. The van der Waals surface area contributed by atoms with E-state index in [1.54, 1.807) is 4.90 Å². The molecular formula is C11H8Br2ClNO3. The quantitative estimate of drug-likeness (QED) is 0.780. The highest BCUT2D eigenvalue weighted by Gasteiger charge is 2.31. The zero-order valence-corrected chi connectivity index (χ0v) is 12.9. The van der Waals surface area contributed by atoms with E-state index < -0.39 is 5.97 Å². The van der Waals surface area contributed by atoms with Crippen molar-refractivity contribution in [3.05, 3.63) is 26.6 Å². The molecule has 0 saturated carbocycles. The smallest absolute Gasteiger partial charge is 0.335 e. The van der Waals surface area contributed by atoms with Gasteiger partial charge in [0, 0.05) is 21.9 Å². The number of halogens is 3. The van der Waals surface area contributed by atoms with Crippen molar-refractivity contribution < 1.29 is 14.7 Å². The summed E-state index contributed by atoms with van der Waals surface area (Å²) in [7, 11) is 0. The van der Waals surface area contributed by atoms with Gasteiger partial charge in [0.25, 0.3) is 0 Å². The summed E-state index contributed by atoms with van der Waals surface area (Å²) in [6.07, 6.45) is 0.293. The Balaban J connectivity index is 2.46.